The van der Waals surface area contributed by atoms with Gasteiger partial charge >= 0.3 is 0 Å². The zero-order valence-electron chi connectivity index (χ0n) is 27.9. The Kier molecular flexibility index (Phi) is 5.65. The Morgan fingerprint density at radius 3 is 1.88 bits per heavy atom. The monoisotopic (exact) mass is 680 g/mol. The van der Waals surface area contributed by atoms with Crippen LogP contribution in [0.15, 0.2) is 174 Å². The molecule has 0 fully saturated rings. The second kappa shape index (κ2) is 10.5. The van der Waals surface area contributed by atoms with Gasteiger partial charge in [0.05, 0.1) is 43.5 Å². The number of furan rings is 1. The summed E-state index contributed by atoms with van der Waals surface area (Å²) in [6, 6.07) is 61.6. The van der Waals surface area contributed by atoms with E-state index in [0.29, 0.717) is 0 Å². The lowest BCUT2D eigenvalue weighted by Gasteiger charge is -2.15. The van der Waals surface area contributed by atoms with Crippen molar-refractivity contribution in [1.29, 1.82) is 0 Å². The third-order valence-corrected chi connectivity index (χ3v) is 12.1. The Morgan fingerprint density at radius 2 is 1.08 bits per heavy atom. The summed E-state index contributed by atoms with van der Waals surface area (Å²) in [4.78, 5) is 0. The van der Waals surface area contributed by atoms with Gasteiger partial charge in [-0.15, -0.1) is 11.3 Å². The van der Waals surface area contributed by atoms with Gasteiger partial charge in [0.15, 0.2) is 0 Å². The first-order valence-electron chi connectivity index (χ1n) is 17.7. The maximum atomic E-state index is 6.90. The summed E-state index contributed by atoms with van der Waals surface area (Å²) in [6.07, 6.45) is 0. The van der Waals surface area contributed by atoms with Crippen LogP contribution in [0.25, 0.3) is 108 Å². The molecule has 0 unspecified atom stereocenters. The van der Waals surface area contributed by atoms with Crippen LogP contribution in [0.5, 0.6) is 0 Å². The molecule has 0 atom stereocenters. The summed E-state index contributed by atoms with van der Waals surface area (Å²) in [6.45, 7) is 0. The highest BCUT2D eigenvalue weighted by Crippen LogP contribution is 2.46. The highest BCUT2D eigenvalue weighted by atomic mass is 32.1. The normalized spacial score (nSPS) is 12.2. The first-order valence-corrected chi connectivity index (χ1v) is 18.5. The number of hydrogen-bond acceptors (Lipinski definition) is 2. The van der Waals surface area contributed by atoms with E-state index in [1.165, 1.54) is 64.2 Å². The topological polar surface area (TPSA) is 23.0 Å². The van der Waals surface area contributed by atoms with Gasteiger partial charge in [-0.1, -0.05) is 115 Å². The van der Waals surface area contributed by atoms with Gasteiger partial charge in [0.2, 0.25) is 0 Å². The lowest BCUT2D eigenvalue weighted by atomic mass is 10.0. The van der Waals surface area contributed by atoms with Crippen LogP contribution >= 0.6 is 11.3 Å². The second-order valence-corrected chi connectivity index (χ2v) is 14.7. The van der Waals surface area contributed by atoms with Crippen molar-refractivity contribution >= 4 is 97.1 Å². The van der Waals surface area contributed by atoms with Gasteiger partial charge in [-0.25, -0.2) is 0 Å². The highest BCUT2D eigenvalue weighted by Gasteiger charge is 2.24. The van der Waals surface area contributed by atoms with Gasteiger partial charge in [0.25, 0.3) is 0 Å². The van der Waals surface area contributed by atoms with Crippen molar-refractivity contribution in [2.45, 2.75) is 0 Å². The number of para-hydroxylation sites is 3. The smallest absolute Gasteiger partial charge is 0.145 e. The quantitative estimate of drug-likeness (QED) is 0.182. The summed E-state index contributed by atoms with van der Waals surface area (Å²) < 4.78 is 14.4. The van der Waals surface area contributed by atoms with E-state index in [1.54, 1.807) is 0 Å². The predicted molar refractivity (Wildman–Crippen MR) is 221 cm³/mol. The van der Waals surface area contributed by atoms with Crippen LogP contribution in [0.3, 0.4) is 0 Å². The van der Waals surface area contributed by atoms with Crippen molar-refractivity contribution in [3.8, 4) is 22.5 Å². The van der Waals surface area contributed by atoms with Gasteiger partial charge < -0.3 is 13.6 Å². The molecule has 0 aliphatic rings. The molecule has 0 aliphatic heterocycles. The number of rotatable bonds is 3. The van der Waals surface area contributed by atoms with Crippen molar-refractivity contribution in [3.05, 3.63) is 170 Å². The molecule has 12 aromatic rings. The molecule has 8 aromatic carbocycles. The van der Waals surface area contributed by atoms with Crippen molar-refractivity contribution in [2.75, 3.05) is 0 Å². The van der Waals surface area contributed by atoms with Crippen LogP contribution in [-0.4, -0.2) is 9.13 Å². The summed E-state index contributed by atoms with van der Waals surface area (Å²) in [5.41, 5.74) is 11.2. The predicted octanol–water partition coefficient (Wildman–Crippen LogP) is 13.8. The van der Waals surface area contributed by atoms with Gasteiger partial charge in [-0.2, -0.15) is 0 Å². The van der Waals surface area contributed by atoms with Gasteiger partial charge in [-0.05, 0) is 65.7 Å². The van der Waals surface area contributed by atoms with E-state index in [1.807, 2.05) is 11.3 Å². The Labute approximate surface area is 301 Å². The number of benzene rings is 8. The van der Waals surface area contributed by atoms with Gasteiger partial charge in [-0.3, -0.25) is 0 Å². The van der Waals surface area contributed by atoms with E-state index in [4.69, 9.17) is 4.42 Å². The third-order valence-electron chi connectivity index (χ3n) is 10.9. The molecular weight excluding hydrogens is 653 g/mol. The molecule has 3 nitrogen and oxygen atoms in total. The lowest BCUT2D eigenvalue weighted by Crippen LogP contribution is -2.00. The molecule has 52 heavy (non-hydrogen) atoms. The second-order valence-electron chi connectivity index (χ2n) is 13.6. The minimum absolute atomic E-state index is 0.897. The summed E-state index contributed by atoms with van der Waals surface area (Å²) in [5, 5.41) is 9.62. The molecule has 242 valence electrons. The van der Waals surface area contributed by atoms with Crippen LogP contribution in [0.4, 0.5) is 0 Å². The zero-order chi connectivity index (χ0) is 33.9. The summed E-state index contributed by atoms with van der Waals surface area (Å²) >= 11 is 1.87. The van der Waals surface area contributed by atoms with E-state index >= 15 is 0 Å². The van der Waals surface area contributed by atoms with Crippen LogP contribution in [-0.2, 0) is 0 Å². The largest absolute Gasteiger partial charge is 0.455 e. The maximum absolute atomic E-state index is 6.90. The fraction of sp³-hybridized carbons (Fsp3) is 0. The Morgan fingerprint density at radius 1 is 0.404 bits per heavy atom. The average molecular weight is 681 g/mol. The van der Waals surface area contributed by atoms with E-state index in [-0.39, 0.29) is 0 Å². The fourth-order valence-corrected chi connectivity index (χ4v) is 9.90. The molecule has 0 aliphatic carbocycles. The van der Waals surface area contributed by atoms with Crippen molar-refractivity contribution in [2.24, 2.45) is 0 Å². The summed E-state index contributed by atoms with van der Waals surface area (Å²) in [7, 11) is 0. The number of aromatic nitrogens is 2. The molecule has 0 saturated heterocycles. The molecular formula is C48H28N2OS. The maximum Gasteiger partial charge on any atom is 0.145 e. The number of nitrogens with zero attached hydrogens (tertiary/aromatic N) is 2. The van der Waals surface area contributed by atoms with E-state index in [2.05, 4.69) is 179 Å². The molecule has 0 bridgehead atoms. The molecule has 4 heterocycles. The fourth-order valence-electron chi connectivity index (χ4n) is 8.70. The molecule has 12 rings (SSSR count). The van der Waals surface area contributed by atoms with Gasteiger partial charge in [0, 0.05) is 42.4 Å². The van der Waals surface area contributed by atoms with Crippen molar-refractivity contribution in [3.63, 3.8) is 0 Å². The van der Waals surface area contributed by atoms with Crippen LogP contribution in [0, 0.1) is 0 Å². The molecule has 0 spiro atoms. The molecule has 0 N–H and O–H groups in total. The molecule has 4 heteroatoms. The van der Waals surface area contributed by atoms with E-state index in [9.17, 15) is 0 Å². The number of hydrogen-bond donors (Lipinski definition) is 0. The summed E-state index contributed by atoms with van der Waals surface area (Å²) in [5.74, 6) is 0. The number of thiophene rings is 1. The van der Waals surface area contributed by atoms with Gasteiger partial charge in [0.1, 0.15) is 11.2 Å². The first-order chi connectivity index (χ1) is 25.8. The molecule has 0 radical (unpaired) electrons. The number of fused-ring (bicyclic) bond motifs is 13. The molecule has 0 amide bonds. The molecule has 4 aromatic heterocycles. The minimum Gasteiger partial charge on any atom is -0.455 e. The highest BCUT2D eigenvalue weighted by molar-refractivity contribution is 7.26. The SMILES string of the molecule is c1ccc(-c2ccc3oc4c(ccc5c4c4cccc(-n6c7ccccc7c7ccccc76)c4n5-c4cccc5c4sc4ccccc45)c3c2)cc1. The van der Waals surface area contributed by atoms with E-state index in [0.717, 1.165) is 44.0 Å². The Balaban J connectivity index is 1.26. The van der Waals surface area contributed by atoms with E-state index < -0.39 is 0 Å². The zero-order valence-corrected chi connectivity index (χ0v) is 28.7. The Bertz CT molecular complexity index is 3360. The first kappa shape index (κ1) is 28.1. The van der Waals surface area contributed by atoms with Crippen LogP contribution in [0.1, 0.15) is 0 Å². The van der Waals surface area contributed by atoms with Crippen LogP contribution in [0.2, 0.25) is 0 Å². The minimum atomic E-state index is 0.897. The standard InChI is InChI=1S/C48H28N2OS/c1-2-12-29(13-3-1)30-24-27-43-37(28-30)34-25-26-40-45(47(34)51-43)36-18-11-21-41(49-38-19-7-4-14-31(38)32-15-5-8-20-39(32)49)46(36)50(40)42-22-10-17-35-33-16-6-9-23-44(33)52-48(35)42/h1-28H. The Hall–Kier alpha value is -6.62. The van der Waals surface area contributed by atoms with Crippen molar-refractivity contribution in [1.82, 2.24) is 9.13 Å². The average Bonchev–Trinajstić information content (AvgIpc) is 3.95. The van der Waals surface area contributed by atoms with Crippen LogP contribution < -0.4 is 0 Å². The molecule has 0 saturated carbocycles. The third kappa shape index (κ3) is 3.74. The van der Waals surface area contributed by atoms with Crippen molar-refractivity contribution < 1.29 is 4.42 Å². The lowest BCUT2D eigenvalue weighted by molar-refractivity contribution is 0.673.